The molecule has 0 atom stereocenters. The highest BCUT2D eigenvalue weighted by atomic mass is 35.5. The van der Waals surface area contributed by atoms with Gasteiger partial charge in [0.15, 0.2) is 11.6 Å². The number of benzene rings is 1. The average molecular weight is 442 g/mol. The lowest BCUT2D eigenvalue weighted by Gasteiger charge is -2.48. The highest BCUT2D eigenvalue weighted by Gasteiger charge is 2.48. The summed E-state index contributed by atoms with van der Waals surface area (Å²) in [6.07, 6.45) is 2.64. The fourth-order valence-corrected chi connectivity index (χ4v) is 5.89. The number of ketones is 2. The molecule has 3 aliphatic rings. The van der Waals surface area contributed by atoms with Crippen LogP contribution in [0.4, 0.5) is 0 Å². The molecule has 0 saturated heterocycles. The number of hydrogen-bond acceptors (Lipinski definition) is 4. The molecule has 166 valence electrons. The third-order valence-corrected chi connectivity index (χ3v) is 7.14. The van der Waals surface area contributed by atoms with E-state index in [1.165, 1.54) is 0 Å². The maximum absolute atomic E-state index is 13.5. The number of ether oxygens (including phenoxy) is 1. The van der Waals surface area contributed by atoms with Crippen LogP contribution in [-0.4, -0.2) is 30.1 Å². The molecule has 4 nitrogen and oxygen atoms in total. The van der Waals surface area contributed by atoms with Gasteiger partial charge in [0, 0.05) is 47.8 Å². The zero-order chi connectivity index (χ0) is 22.7. The minimum atomic E-state index is -0.358. The molecule has 1 heterocycles. The van der Waals surface area contributed by atoms with Gasteiger partial charge in [-0.2, -0.15) is 0 Å². The van der Waals surface area contributed by atoms with Crippen LogP contribution in [0.5, 0.6) is 5.75 Å². The Kier molecular flexibility index (Phi) is 5.36. The number of rotatable bonds is 3. The van der Waals surface area contributed by atoms with Crippen molar-refractivity contribution in [1.82, 2.24) is 4.90 Å². The first-order chi connectivity index (χ1) is 14.5. The highest BCUT2D eigenvalue weighted by molar-refractivity contribution is 6.32. The molecular weight excluding hydrogens is 410 g/mol. The number of hydrogen-bond donors (Lipinski definition) is 0. The molecule has 1 aliphatic heterocycles. The van der Waals surface area contributed by atoms with Gasteiger partial charge in [0.05, 0.1) is 12.1 Å². The van der Waals surface area contributed by atoms with Crippen molar-refractivity contribution < 1.29 is 14.3 Å². The Labute approximate surface area is 190 Å². The molecular formula is C26H32ClNO3. The van der Waals surface area contributed by atoms with Crippen molar-refractivity contribution in [2.45, 2.75) is 66.2 Å². The van der Waals surface area contributed by atoms with E-state index in [0.717, 1.165) is 47.5 Å². The van der Waals surface area contributed by atoms with Crippen LogP contribution in [0.2, 0.25) is 5.02 Å². The number of nitrogens with zero attached hydrogens (tertiary/aromatic N) is 1. The Hall–Kier alpha value is -2.07. The van der Waals surface area contributed by atoms with Crippen LogP contribution in [-0.2, 0) is 9.59 Å². The first-order valence-electron chi connectivity index (χ1n) is 11.1. The summed E-state index contributed by atoms with van der Waals surface area (Å²) in [6, 6.07) is 5.65. The van der Waals surface area contributed by atoms with Crippen LogP contribution in [0.1, 0.15) is 71.8 Å². The van der Waals surface area contributed by atoms with Crippen LogP contribution in [0.25, 0.3) is 0 Å². The number of carbonyl (C=O) groups excluding carboxylic acids is 2. The van der Waals surface area contributed by atoms with E-state index >= 15 is 0 Å². The zero-order valence-corrected chi connectivity index (χ0v) is 20.2. The van der Waals surface area contributed by atoms with Crippen molar-refractivity contribution in [2.75, 3.05) is 13.7 Å². The lowest BCUT2D eigenvalue weighted by atomic mass is 9.63. The number of methoxy groups -OCH3 is 1. The summed E-state index contributed by atoms with van der Waals surface area (Å²) >= 11 is 6.48. The van der Waals surface area contributed by atoms with Crippen LogP contribution >= 0.6 is 11.6 Å². The molecule has 5 heteroatoms. The molecule has 4 rings (SSSR count). The topological polar surface area (TPSA) is 46.6 Å². The van der Waals surface area contributed by atoms with E-state index in [2.05, 4.69) is 39.5 Å². The van der Waals surface area contributed by atoms with Gasteiger partial charge in [0.25, 0.3) is 0 Å². The monoisotopic (exact) mass is 441 g/mol. The second kappa shape index (κ2) is 7.51. The zero-order valence-electron chi connectivity index (χ0n) is 19.4. The largest absolute Gasteiger partial charge is 0.495 e. The van der Waals surface area contributed by atoms with E-state index in [9.17, 15) is 9.59 Å². The Morgan fingerprint density at radius 2 is 1.48 bits per heavy atom. The molecule has 0 fully saturated rings. The smallest absolute Gasteiger partial charge is 0.162 e. The number of allylic oxidation sites excluding steroid dienone is 4. The van der Waals surface area contributed by atoms with Gasteiger partial charge >= 0.3 is 0 Å². The van der Waals surface area contributed by atoms with Gasteiger partial charge < -0.3 is 9.64 Å². The summed E-state index contributed by atoms with van der Waals surface area (Å²) in [6.45, 7) is 11.5. The fourth-order valence-electron chi connectivity index (χ4n) is 5.62. The van der Waals surface area contributed by atoms with Gasteiger partial charge in [0.1, 0.15) is 5.75 Å². The van der Waals surface area contributed by atoms with Gasteiger partial charge in [-0.15, -0.1) is 0 Å². The molecule has 0 saturated carbocycles. The minimum absolute atomic E-state index is 0.0995. The van der Waals surface area contributed by atoms with Crippen LogP contribution in [0.15, 0.2) is 40.7 Å². The normalized spacial score (nSPS) is 23.1. The van der Waals surface area contributed by atoms with E-state index in [4.69, 9.17) is 16.3 Å². The fraction of sp³-hybridized carbons (Fsp3) is 0.538. The summed E-state index contributed by atoms with van der Waals surface area (Å²) in [4.78, 5) is 29.3. The molecule has 0 aromatic heterocycles. The van der Waals surface area contributed by atoms with Crippen molar-refractivity contribution in [3.63, 3.8) is 0 Å². The van der Waals surface area contributed by atoms with Crippen LogP contribution in [0.3, 0.4) is 0 Å². The molecule has 0 radical (unpaired) electrons. The van der Waals surface area contributed by atoms with Gasteiger partial charge in [-0.3, -0.25) is 9.59 Å². The Balaban J connectivity index is 1.99. The molecule has 2 aliphatic carbocycles. The summed E-state index contributed by atoms with van der Waals surface area (Å²) in [7, 11) is 1.58. The summed E-state index contributed by atoms with van der Waals surface area (Å²) in [5.41, 5.74) is 4.44. The van der Waals surface area contributed by atoms with Crippen molar-refractivity contribution >= 4 is 23.2 Å². The lowest BCUT2D eigenvalue weighted by molar-refractivity contribution is -0.119. The lowest BCUT2D eigenvalue weighted by Crippen LogP contribution is -2.44. The molecule has 0 unspecified atom stereocenters. The minimum Gasteiger partial charge on any atom is -0.495 e. The summed E-state index contributed by atoms with van der Waals surface area (Å²) in [5, 5.41) is 0.495. The van der Waals surface area contributed by atoms with E-state index in [1.807, 2.05) is 18.2 Å². The first-order valence-corrected chi connectivity index (χ1v) is 11.5. The van der Waals surface area contributed by atoms with Crippen molar-refractivity contribution in [1.29, 1.82) is 0 Å². The van der Waals surface area contributed by atoms with Gasteiger partial charge in [-0.1, -0.05) is 45.4 Å². The molecule has 0 amide bonds. The predicted molar refractivity (Wildman–Crippen MR) is 123 cm³/mol. The number of Topliss-reactive ketones (excluding diaryl/α,β-unsaturated/α-hetero) is 2. The predicted octanol–water partition coefficient (Wildman–Crippen LogP) is 6.05. The maximum Gasteiger partial charge on any atom is 0.162 e. The summed E-state index contributed by atoms with van der Waals surface area (Å²) < 4.78 is 5.33. The third-order valence-electron chi connectivity index (χ3n) is 6.85. The molecule has 0 N–H and O–H groups in total. The molecule has 0 spiro atoms. The quantitative estimate of drug-likeness (QED) is 0.572. The highest BCUT2D eigenvalue weighted by Crippen LogP contribution is 2.54. The van der Waals surface area contributed by atoms with Gasteiger partial charge in [-0.25, -0.2) is 0 Å². The van der Waals surface area contributed by atoms with Gasteiger partial charge in [-0.05, 0) is 48.3 Å². The second-order valence-electron chi connectivity index (χ2n) is 10.7. The third kappa shape index (κ3) is 3.73. The average Bonchev–Trinajstić information content (AvgIpc) is 2.64. The number of halogens is 1. The van der Waals surface area contributed by atoms with E-state index in [-0.39, 0.29) is 28.3 Å². The molecule has 0 bridgehead atoms. The van der Waals surface area contributed by atoms with E-state index in [1.54, 1.807) is 7.11 Å². The maximum atomic E-state index is 13.5. The Morgan fingerprint density at radius 1 is 0.968 bits per heavy atom. The Bertz CT molecular complexity index is 977. The van der Waals surface area contributed by atoms with Crippen molar-refractivity contribution in [3.05, 3.63) is 51.3 Å². The second-order valence-corrected chi connectivity index (χ2v) is 11.1. The van der Waals surface area contributed by atoms with Crippen molar-refractivity contribution in [3.8, 4) is 5.75 Å². The molecule has 1 aromatic carbocycles. The van der Waals surface area contributed by atoms with Crippen molar-refractivity contribution in [2.24, 2.45) is 10.8 Å². The van der Waals surface area contributed by atoms with Gasteiger partial charge in [0.2, 0.25) is 0 Å². The van der Waals surface area contributed by atoms with E-state index in [0.29, 0.717) is 23.6 Å². The molecule has 31 heavy (non-hydrogen) atoms. The first kappa shape index (κ1) is 22.1. The van der Waals surface area contributed by atoms with Crippen LogP contribution in [0, 0.1) is 10.8 Å². The number of carbonyl (C=O) groups is 2. The van der Waals surface area contributed by atoms with Crippen LogP contribution < -0.4 is 4.74 Å². The SMILES string of the molecule is CCN1C2=C(C(=O)CC(C)(C)C2)C(c2ccc(OC)c(Cl)c2)C2=C1CC(C)(C)CC2=O. The summed E-state index contributed by atoms with van der Waals surface area (Å²) in [5.74, 6) is 0.520. The Morgan fingerprint density at radius 3 is 1.90 bits per heavy atom. The standard InChI is InChI=1S/C26H32ClNO3/c1-7-28-17-11-25(2,3)13-19(29)23(17)22(15-8-9-21(31-6)16(27)10-15)24-18(28)12-26(4,5)14-20(24)30/h8-10,22H,7,11-14H2,1-6H3. The molecule has 1 aromatic rings. The van der Waals surface area contributed by atoms with E-state index < -0.39 is 0 Å².